The van der Waals surface area contributed by atoms with E-state index < -0.39 is 12.2 Å². The number of aliphatic hydroxyl groups is 2. The second-order valence-corrected chi connectivity index (χ2v) is 5.39. The van der Waals surface area contributed by atoms with Gasteiger partial charge in [0.1, 0.15) is 0 Å². The Bertz CT molecular complexity index is 267. The maximum absolute atomic E-state index is 12.0. The summed E-state index contributed by atoms with van der Waals surface area (Å²) < 4.78 is 0. The first kappa shape index (κ1) is 12.8. The summed E-state index contributed by atoms with van der Waals surface area (Å²) in [6, 6.07) is 0. The standard InChI is InChI=1S/C12H22N2O3/c1-9-2-4-14(5-3-9)12(17)8-13-6-10(15)11(16)7-13/h9-11,15-16H,2-8H2,1H3. The van der Waals surface area contributed by atoms with Crippen molar-refractivity contribution in [2.45, 2.75) is 32.0 Å². The predicted octanol–water partition coefficient (Wildman–Crippen LogP) is -0.718. The lowest BCUT2D eigenvalue weighted by molar-refractivity contribution is -0.133. The fraction of sp³-hybridized carbons (Fsp3) is 0.917. The van der Waals surface area contributed by atoms with Gasteiger partial charge in [-0.05, 0) is 18.8 Å². The van der Waals surface area contributed by atoms with E-state index in [1.165, 1.54) is 0 Å². The Hall–Kier alpha value is -0.650. The summed E-state index contributed by atoms with van der Waals surface area (Å²) in [6.07, 6.45) is 0.752. The smallest absolute Gasteiger partial charge is 0.236 e. The van der Waals surface area contributed by atoms with Crippen molar-refractivity contribution in [3.05, 3.63) is 0 Å². The van der Waals surface area contributed by atoms with Crippen LogP contribution in [-0.2, 0) is 4.79 Å². The third-order valence-electron chi connectivity index (χ3n) is 3.83. The van der Waals surface area contributed by atoms with Crippen molar-refractivity contribution < 1.29 is 15.0 Å². The van der Waals surface area contributed by atoms with Crippen molar-refractivity contribution in [1.82, 2.24) is 9.80 Å². The molecule has 2 fully saturated rings. The van der Waals surface area contributed by atoms with Gasteiger partial charge in [-0.25, -0.2) is 0 Å². The monoisotopic (exact) mass is 242 g/mol. The molecule has 0 aliphatic carbocycles. The van der Waals surface area contributed by atoms with E-state index in [9.17, 15) is 15.0 Å². The molecule has 2 saturated heterocycles. The van der Waals surface area contributed by atoms with Crippen LogP contribution in [0.3, 0.4) is 0 Å². The Morgan fingerprint density at radius 3 is 2.24 bits per heavy atom. The topological polar surface area (TPSA) is 64.0 Å². The van der Waals surface area contributed by atoms with E-state index in [0.717, 1.165) is 31.8 Å². The van der Waals surface area contributed by atoms with Crippen molar-refractivity contribution in [3.8, 4) is 0 Å². The van der Waals surface area contributed by atoms with Crippen molar-refractivity contribution >= 4 is 5.91 Å². The fourth-order valence-electron chi connectivity index (χ4n) is 2.53. The maximum atomic E-state index is 12.0. The molecule has 2 unspecified atom stereocenters. The Balaban J connectivity index is 1.78. The molecule has 0 bridgehead atoms. The third-order valence-corrected chi connectivity index (χ3v) is 3.83. The van der Waals surface area contributed by atoms with Crippen LogP contribution in [0.4, 0.5) is 0 Å². The van der Waals surface area contributed by atoms with E-state index in [1.54, 1.807) is 0 Å². The molecule has 2 heterocycles. The van der Waals surface area contributed by atoms with Gasteiger partial charge >= 0.3 is 0 Å². The first-order valence-electron chi connectivity index (χ1n) is 6.42. The van der Waals surface area contributed by atoms with Crippen LogP contribution in [0.25, 0.3) is 0 Å². The molecule has 0 saturated carbocycles. The number of carbonyl (C=O) groups excluding carboxylic acids is 1. The molecule has 17 heavy (non-hydrogen) atoms. The molecule has 2 aliphatic heterocycles. The highest BCUT2D eigenvalue weighted by Crippen LogP contribution is 2.17. The lowest BCUT2D eigenvalue weighted by Gasteiger charge is -2.31. The van der Waals surface area contributed by atoms with Crippen molar-refractivity contribution in [2.24, 2.45) is 5.92 Å². The zero-order valence-corrected chi connectivity index (χ0v) is 10.4. The first-order valence-corrected chi connectivity index (χ1v) is 6.42. The minimum absolute atomic E-state index is 0.123. The van der Waals surface area contributed by atoms with Gasteiger partial charge in [-0.3, -0.25) is 9.69 Å². The minimum Gasteiger partial charge on any atom is -0.389 e. The number of piperidine rings is 1. The van der Waals surface area contributed by atoms with Crippen LogP contribution in [0.15, 0.2) is 0 Å². The molecule has 0 spiro atoms. The number of amides is 1. The van der Waals surface area contributed by atoms with Gasteiger partial charge < -0.3 is 15.1 Å². The largest absolute Gasteiger partial charge is 0.389 e. The van der Waals surface area contributed by atoms with E-state index in [2.05, 4.69) is 6.92 Å². The number of hydrogen-bond donors (Lipinski definition) is 2. The Morgan fingerprint density at radius 1 is 1.18 bits per heavy atom. The highest BCUT2D eigenvalue weighted by Gasteiger charge is 2.31. The third kappa shape index (κ3) is 3.18. The van der Waals surface area contributed by atoms with Gasteiger partial charge in [-0.1, -0.05) is 6.92 Å². The predicted molar refractivity (Wildman–Crippen MR) is 63.4 cm³/mol. The molecular weight excluding hydrogens is 220 g/mol. The summed E-state index contributed by atoms with van der Waals surface area (Å²) >= 11 is 0. The van der Waals surface area contributed by atoms with Crippen LogP contribution in [0.2, 0.25) is 0 Å². The van der Waals surface area contributed by atoms with Gasteiger partial charge in [0.25, 0.3) is 0 Å². The lowest BCUT2D eigenvalue weighted by Crippen LogP contribution is -2.43. The molecule has 0 radical (unpaired) electrons. The van der Waals surface area contributed by atoms with E-state index in [1.807, 2.05) is 9.80 Å². The van der Waals surface area contributed by atoms with E-state index in [4.69, 9.17) is 0 Å². The molecular formula is C12H22N2O3. The van der Waals surface area contributed by atoms with Crippen LogP contribution in [0.1, 0.15) is 19.8 Å². The van der Waals surface area contributed by atoms with E-state index >= 15 is 0 Å². The first-order chi connectivity index (χ1) is 8.06. The molecule has 2 N–H and O–H groups in total. The van der Waals surface area contributed by atoms with Crippen molar-refractivity contribution in [3.63, 3.8) is 0 Å². The van der Waals surface area contributed by atoms with Crippen LogP contribution in [0.5, 0.6) is 0 Å². The fourth-order valence-corrected chi connectivity index (χ4v) is 2.53. The van der Waals surface area contributed by atoms with Gasteiger partial charge in [0.15, 0.2) is 0 Å². The number of aliphatic hydroxyl groups excluding tert-OH is 2. The highest BCUT2D eigenvalue weighted by molar-refractivity contribution is 5.78. The van der Waals surface area contributed by atoms with Gasteiger partial charge in [0, 0.05) is 26.2 Å². The molecule has 2 atom stereocenters. The molecule has 5 nitrogen and oxygen atoms in total. The molecule has 5 heteroatoms. The summed E-state index contributed by atoms with van der Waals surface area (Å²) in [4.78, 5) is 15.7. The van der Waals surface area contributed by atoms with Gasteiger partial charge in [-0.15, -0.1) is 0 Å². The summed E-state index contributed by atoms with van der Waals surface area (Å²) in [6.45, 7) is 5.03. The zero-order chi connectivity index (χ0) is 12.4. The number of rotatable bonds is 2. The maximum Gasteiger partial charge on any atom is 0.236 e. The number of likely N-dealkylation sites (tertiary alicyclic amines) is 2. The number of hydrogen-bond acceptors (Lipinski definition) is 4. The molecule has 2 rings (SSSR count). The van der Waals surface area contributed by atoms with Crippen LogP contribution in [-0.4, -0.2) is 70.9 Å². The Morgan fingerprint density at radius 2 is 1.71 bits per heavy atom. The normalized spacial score (nSPS) is 32.1. The van der Waals surface area contributed by atoms with Crippen molar-refractivity contribution in [2.75, 3.05) is 32.7 Å². The summed E-state index contributed by atoms with van der Waals surface area (Å²) in [5.41, 5.74) is 0. The molecule has 0 aromatic carbocycles. The molecule has 2 aliphatic rings. The van der Waals surface area contributed by atoms with E-state index in [-0.39, 0.29) is 5.91 Å². The van der Waals surface area contributed by atoms with Crippen LogP contribution >= 0.6 is 0 Å². The van der Waals surface area contributed by atoms with Gasteiger partial charge in [-0.2, -0.15) is 0 Å². The number of β-amino-alcohol motifs (C(OH)–C–C–N with tert-alkyl or cyclic N) is 2. The lowest BCUT2D eigenvalue weighted by atomic mass is 9.99. The SMILES string of the molecule is CC1CCN(C(=O)CN2CC(O)C(O)C2)CC1. The molecule has 98 valence electrons. The van der Waals surface area contributed by atoms with Crippen LogP contribution < -0.4 is 0 Å². The zero-order valence-electron chi connectivity index (χ0n) is 10.4. The molecule has 0 aromatic rings. The summed E-state index contributed by atoms with van der Waals surface area (Å²) in [5, 5.41) is 18.8. The number of carbonyl (C=O) groups is 1. The highest BCUT2D eigenvalue weighted by atomic mass is 16.3. The molecule has 1 amide bonds. The summed E-state index contributed by atoms with van der Waals surface area (Å²) in [7, 11) is 0. The van der Waals surface area contributed by atoms with Gasteiger partial charge in [0.05, 0.1) is 18.8 Å². The van der Waals surface area contributed by atoms with Crippen LogP contribution in [0, 0.1) is 5.92 Å². The Kier molecular flexibility index (Phi) is 4.01. The summed E-state index contributed by atoms with van der Waals surface area (Å²) in [5.74, 6) is 0.840. The van der Waals surface area contributed by atoms with Crippen molar-refractivity contribution in [1.29, 1.82) is 0 Å². The average molecular weight is 242 g/mol. The second-order valence-electron chi connectivity index (χ2n) is 5.39. The Labute approximate surface area is 102 Å². The average Bonchev–Trinajstić information content (AvgIpc) is 2.58. The second kappa shape index (κ2) is 5.33. The quantitative estimate of drug-likeness (QED) is 0.671. The van der Waals surface area contributed by atoms with E-state index in [0.29, 0.717) is 19.6 Å². The number of nitrogens with zero attached hydrogens (tertiary/aromatic N) is 2. The minimum atomic E-state index is -0.704. The molecule has 0 aromatic heterocycles. The van der Waals surface area contributed by atoms with Gasteiger partial charge in [0.2, 0.25) is 5.91 Å².